The molecule has 0 aliphatic heterocycles. The maximum atomic E-state index is 13.7. The molecule has 136 valence electrons. The summed E-state index contributed by atoms with van der Waals surface area (Å²) >= 11 is 0. The number of ketones is 2. The van der Waals surface area contributed by atoms with E-state index >= 15 is 0 Å². The number of fused-ring (bicyclic) bond motifs is 1. The first-order chi connectivity index (χ1) is 13.7. The molecule has 1 aliphatic rings. The fraction of sp³-hybridized carbons (Fsp3) is 0.0833. The van der Waals surface area contributed by atoms with Crippen molar-refractivity contribution in [3.63, 3.8) is 0 Å². The fourth-order valence-corrected chi connectivity index (χ4v) is 3.79. The van der Waals surface area contributed by atoms with Gasteiger partial charge in [0.25, 0.3) is 0 Å². The van der Waals surface area contributed by atoms with Crippen LogP contribution < -0.4 is 0 Å². The molecule has 1 atom stereocenters. The van der Waals surface area contributed by atoms with E-state index in [0.717, 1.165) is 11.1 Å². The highest BCUT2D eigenvalue weighted by atomic mass is 16.2. The molecule has 0 fully saturated rings. The van der Waals surface area contributed by atoms with E-state index in [9.17, 15) is 9.59 Å². The average Bonchev–Trinajstić information content (AvgIpc) is 3.02. The number of nitrogens with zero attached hydrogens (tertiary/aromatic N) is 2. The Morgan fingerprint density at radius 2 is 1.29 bits per heavy atom. The van der Waals surface area contributed by atoms with E-state index in [4.69, 9.17) is 0 Å². The van der Waals surface area contributed by atoms with Gasteiger partial charge in [-0.05, 0) is 11.1 Å². The van der Waals surface area contributed by atoms with Crippen molar-refractivity contribution < 1.29 is 9.59 Å². The van der Waals surface area contributed by atoms with Crippen molar-refractivity contribution in [3.8, 4) is 0 Å². The number of Topliss-reactive ketones (excluding diaryl/α,β-unsaturated/α-hetero) is 2. The molecule has 0 amide bonds. The Labute approximate surface area is 163 Å². The molecule has 0 unspecified atom stereocenters. The first-order valence-corrected chi connectivity index (χ1v) is 9.03. The second-order valence-electron chi connectivity index (χ2n) is 6.63. The van der Waals surface area contributed by atoms with E-state index in [1.165, 1.54) is 0 Å². The zero-order chi connectivity index (χ0) is 19.5. The molecule has 0 N–H and O–H groups in total. The summed E-state index contributed by atoms with van der Waals surface area (Å²) in [7, 11) is 0. The van der Waals surface area contributed by atoms with Crippen LogP contribution in [-0.2, 0) is 4.79 Å². The van der Waals surface area contributed by atoms with Gasteiger partial charge < -0.3 is 0 Å². The third-order valence-corrected chi connectivity index (χ3v) is 5.02. The zero-order valence-electron chi connectivity index (χ0n) is 15.2. The molecule has 0 spiro atoms. The number of carbonyl (C=O) groups excluding carboxylic acids is 2. The first kappa shape index (κ1) is 17.7. The standard InChI is InChI=1S/C24H18N2O2/c1-25-26-22-18-14-8-9-15-19(18)23(27)21(22)24(28)20(16-10-4-2-5-11-16)17-12-6-3-7-13-17/h2-15,20-21H,1H2/b26-22+/t21-/m0/s1. The van der Waals surface area contributed by atoms with Crippen LogP contribution in [0.3, 0.4) is 0 Å². The van der Waals surface area contributed by atoms with Crippen molar-refractivity contribution in [1.82, 2.24) is 0 Å². The molecular formula is C24H18N2O2. The smallest absolute Gasteiger partial charge is 0.180 e. The number of hydrogen-bond acceptors (Lipinski definition) is 4. The second-order valence-corrected chi connectivity index (χ2v) is 6.63. The zero-order valence-corrected chi connectivity index (χ0v) is 15.2. The monoisotopic (exact) mass is 366 g/mol. The molecule has 4 heteroatoms. The topological polar surface area (TPSA) is 58.9 Å². The Morgan fingerprint density at radius 3 is 1.82 bits per heavy atom. The van der Waals surface area contributed by atoms with Crippen molar-refractivity contribution >= 4 is 24.0 Å². The van der Waals surface area contributed by atoms with Gasteiger partial charge in [-0.25, -0.2) is 0 Å². The van der Waals surface area contributed by atoms with Crippen molar-refractivity contribution in [3.05, 3.63) is 107 Å². The molecule has 4 rings (SSSR count). The van der Waals surface area contributed by atoms with Crippen LogP contribution in [0.4, 0.5) is 0 Å². The molecule has 3 aromatic rings. The molecule has 3 aromatic carbocycles. The summed E-state index contributed by atoms with van der Waals surface area (Å²) in [6.07, 6.45) is 0. The highest BCUT2D eigenvalue weighted by molar-refractivity contribution is 6.38. The van der Waals surface area contributed by atoms with E-state index in [-0.39, 0.29) is 11.6 Å². The molecule has 0 radical (unpaired) electrons. The maximum absolute atomic E-state index is 13.7. The average molecular weight is 366 g/mol. The van der Waals surface area contributed by atoms with Gasteiger partial charge in [0.2, 0.25) is 0 Å². The Balaban J connectivity index is 1.85. The number of carbonyl (C=O) groups is 2. The molecule has 0 heterocycles. The van der Waals surface area contributed by atoms with Crippen LogP contribution in [0.25, 0.3) is 0 Å². The molecule has 4 nitrogen and oxygen atoms in total. The van der Waals surface area contributed by atoms with Crippen molar-refractivity contribution in [1.29, 1.82) is 0 Å². The lowest BCUT2D eigenvalue weighted by Gasteiger charge is -2.20. The maximum Gasteiger partial charge on any atom is 0.180 e. The molecule has 0 saturated heterocycles. The molecule has 0 bridgehead atoms. The Morgan fingerprint density at radius 1 is 0.786 bits per heavy atom. The summed E-state index contributed by atoms with van der Waals surface area (Å²) in [5, 5.41) is 7.70. The van der Waals surface area contributed by atoms with E-state index in [0.29, 0.717) is 16.8 Å². The third kappa shape index (κ3) is 2.99. The summed E-state index contributed by atoms with van der Waals surface area (Å²) in [5.74, 6) is -2.00. The molecule has 28 heavy (non-hydrogen) atoms. The van der Waals surface area contributed by atoms with Gasteiger partial charge in [0.1, 0.15) is 5.92 Å². The lowest BCUT2D eigenvalue weighted by molar-refractivity contribution is -0.120. The number of rotatable bonds is 5. The lowest BCUT2D eigenvalue weighted by Crippen LogP contribution is -2.31. The molecule has 1 aliphatic carbocycles. The largest absolute Gasteiger partial charge is 0.297 e. The van der Waals surface area contributed by atoms with Crippen LogP contribution in [0.5, 0.6) is 0 Å². The minimum Gasteiger partial charge on any atom is -0.297 e. The van der Waals surface area contributed by atoms with Crippen LogP contribution in [0.2, 0.25) is 0 Å². The summed E-state index contributed by atoms with van der Waals surface area (Å²) in [6.45, 7) is 3.42. The van der Waals surface area contributed by atoms with Crippen molar-refractivity contribution in [2.45, 2.75) is 5.92 Å². The minimum absolute atomic E-state index is 0.207. The summed E-state index contributed by atoms with van der Waals surface area (Å²) < 4.78 is 0. The fourth-order valence-electron chi connectivity index (χ4n) is 3.79. The molecule has 0 saturated carbocycles. The Hall–Kier alpha value is -3.66. The van der Waals surface area contributed by atoms with Crippen LogP contribution in [0, 0.1) is 5.92 Å². The van der Waals surface area contributed by atoms with Crippen LogP contribution in [0.15, 0.2) is 95.1 Å². The first-order valence-electron chi connectivity index (χ1n) is 9.03. The molecule has 0 aromatic heterocycles. The van der Waals surface area contributed by atoms with Gasteiger partial charge in [0.05, 0.1) is 11.6 Å². The minimum atomic E-state index is -0.992. The number of hydrogen-bond donors (Lipinski definition) is 0. The van der Waals surface area contributed by atoms with Crippen LogP contribution in [-0.4, -0.2) is 24.0 Å². The Kier molecular flexibility index (Phi) is 4.77. The van der Waals surface area contributed by atoms with Crippen LogP contribution >= 0.6 is 0 Å². The van der Waals surface area contributed by atoms with Gasteiger partial charge in [-0.3, -0.25) is 9.59 Å². The van der Waals surface area contributed by atoms with Gasteiger partial charge in [-0.2, -0.15) is 10.2 Å². The normalized spacial score (nSPS) is 17.0. The van der Waals surface area contributed by atoms with Gasteiger partial charge >= 0.3 is 0 Å². The van der Waals surface area contributed by atoms with E-state index < -0.39 is 11.8 Å². The van der Waals surface area contributed by atoms with E-state index in [1.54, 1.807) is 18.2 Å². The van der Waals surface area contributed by atoms with Gasteiger partial charge in [0, 0.05) is 17.8 Å². The van der Waals surface area contributed by atoms with E-state index in [1.807, 2.05) is 66.7 Å². The molecular weight excluding hydrogens is 348 g/mol. The van der Waals surface area contributed by atoms with Crippen molar-refractivity contribution in [2.75, 3.05) is 0 Å². The highest BCUT2D eigenvalue weighted by Crippen LogP contribution is 2.35. The Bertz CT molecular complexity index is 1030. The van der Waals surface area contributed by atoms with Gasteiger partial charge in [-0.1, -0.05) is 84.9 Å². The van der Waals surface area contributed by atoms with Crippen LogP contribution in [0.1, 0.15) is 33.0 Å². The summed E-state index contributed by atoms with van der Waals surface area (Å²) in [6, 6.07) is 26.1. The lowest BCUT2D eigenvalue weighted by atomic mass is 9.80. The number of benzene rings is 3. The summed E-state index contributed by atoms with van der Waals surface area (Å²) in [4.78, 5) is 26.9. The van der Waals surface area contributed by atoms with E-state index in [2.05, 4.69) is 16.9 Å². The quantitative estimate of drug-likeness (QED) is 0.384. The van der Waals surface area contributed by atoms with Gasteiger partial charge in [0.15, 0.2) is 11.6 Å². The predicted molar refractivity (Wildman–Crippen MR) is 110 cm³/mol. The highest BCUT2D eigenvalue weighted by Gasteiger charge is 2.44. The predicted octanol–water partition coefficient (Wildman–Crippen LogP) is 4.31. The SMILES string of the molecule is C=N/N=C1\c2ccccc2C(=O)[C@H]1C(=O)C(c1ccccc1)c1ccccc1. The second kappa shape index (κ2) is 7.53. The van der Waals surface area contributed by atoms with Gasteiger partial charge in [-0.15, -0.1) is 0 Å². The summed E-state index contributed by atoms with van der Waals surface area (Å²) in [5.41, 5.74) is 3.21. The van der Waals surface area contributed by atoms with Crippen molar-refractivity contribution in [2.24, 2.45) is 16.1 Å². The third-order valence-electron chi connectivity index (χ3n) is 5.02.